The van der Waals surface area contributed by atoms with Crippen molar-refractivity contribution in [2.45, 2.75) is 36.9 Å². The summed E-state index contributed by atoms with van der Waals surface area (Å²) in [6.07, 6.45) is 4.02. The van der Waals surface area contributed by atoms with Crippen molar-refractivity contribution in [1.82, 2.24) is 4.90 Å². The molecule has 0 aliphatic carbocycles. The summed E-state index contributed by atoms with van der Waals surface area (Å²) in [5.74, 6) is -0.0846. The number of unbranched alkanes of at least 4 members (excludes halogenated alkanes) is 1. The average Bonchev–Trinajstić information content (AvgIpc) is 2.18. The number of primary amides is 1. The lowest BCUT2D eigenvalue weighted by molar-refractivity contribution is -0.132. The maximum Gasteiger partial charge on any atom is 0.236 e. The molecule has 1 aliphatic rings. The van der Waals surface area contributed by atoms with Gasteiger partial charge in [-0.3, -0.25) is 9.59 Å². The number of halogens is 1. The van der Waals surface area contributed by atoms with Crippen LogP contribution >= 0.6 is 15.9 Å². The minimum Gasteiger partial charge on any atom is -0.370 e. The first-order valence-corrected chi connectivity index (χ1v) is 6.24. The molecule has 1 atom stereocenters. The van der Waals surface area contributed by atoms with E-state index in [1.807, 2.05) is 4.90 Å². The van der Waals surface area contributed by atoms with Gasteiger partial charge in [-0.2, -0.15) is 0 Å². The fourth-order valence-corrected chi connectivity index (χ4v) is 2.33. The van der Waals surface area contributed by atoms with Crippen LogP contribution in [0, 0.1) is 0 Å². The Morgan fingerprint density at radius 3 is 2.93 bits per heavy atom. The number of hydrogen-bond acceptors (Lipinski definition) is 2. The van der Waals surface area contributed by atoms with Crippen molar-refractivity contribution in [3.63, 3.8) is 0 Å². The summed E-state index contributed by atoms with van der Waals surface area (Å²) in [7, 11) is 0. The maximum atomic E-state index is 11.6. The molecule has 1 saturated heterocycles. The smallest absolute Gasteiger partial charge is 0.236 e. The highest BCUT2D eigenvalue weighted by atomic mass is 79.9. The Kier molecular flexibility index (Phi) is 5.08. The van der Waals surface area contributed by atoms with E-state index in [1.54, 1.807) is 0 Å². The van der Waals surface area contributed by atoms with Crippen LogP contribution in [0.25, 0.3) is 0 Å². The normalized spacial score (nSPS) is 21.8. The highest BCUT2D eigenvalue weighted by Crippen LogP contribution is 2.18. The second kappa shape index (κ2) is 6.10. The number of amides is 2. The van der Waals surface area contributed by atoms with Crippen molar-refractivity contribution in [3.8, 4) is 0 Å². The molecule has 0 spiro atoms. The summed E-state index contributed by atoms with van der Waals surface area (Å²) < 4.78 is 0. The molecular formula is C10H17BrN2O2. The molecule has 1 aliphatic heterocycles. The topological polar surface area (TPSA) is 63.4 Å². The minimum atomic E-state index is -0.265. The number of hydrogen-bond donors (Lipinski definition) is 1. The second-order valence-corrected chi connectivity index (χ2v) is 4.96. The maximum absolute atomic E-state index is 11.6. The van der Waals surface area contributed by atoms with Crippen molar-refractivity contribution in [1.29, 1.82) is 0 Å². The van der Waals surface area contributed by atoms with E-state index in [0.717, 1.165) is 38.8 Å². The van der Waals surface area contributed by atoms with Gasteiger partial charge in [0.1, 0.15) is 0 Å². The summed E-state index contributed by atoms with van der Waals surface area (Å²) in [6.45, 7) is 1.59. The summed E-state index contributed by atoms with van der Waals surface area (Å²) in [5, 5.41) is 0. The van der Waals surface area contributed by atoms with Gasteiger partial charge >= 0.3 is 0 Å². The molecule has 0 radical (unpaired) electrons. The number of alkyl halides is 1. The number of carbonyl (C=O) groups is 2. The zero-order chi connectivity index (χ0) is 11.3. The molecule has 1 fully saturated rings. The SMILES string of the molecule is NC(=O)CCCCN1CCCC(Br)C1=O. The lowest BCUT2D eigenvalue weighted by Crippen LogP contribution is -2.42. The van der Waals surface area contributed by atoms with Crippen molar-refractivity contribution < 1.29 is 9.59 Å². The molecule has 0 saturated carbocycles. The molecule has 0 aromatic rings. The predicted molar refractivity (Wildman–Crippen MR) is 61.6 cm³/mol. The Labute approximate surface area is 98.3 Å². The number of nitrogens with zero attached hydrogens (tertiary/aromatic N) is 1. The van der Waals surface area contributed by atoms with Crippen molar-refractivity contribution in [2.75, 3.05) is 13.1 Å². The second-order valence-electron chi connectivity index (χ2n) is 3.86. The monoisotopic (exact) mass is 276 g/mol. The molecule has 5 heteroatoms. The number of rotatable bonds is 5. The first-order valence-electron chi connectivity index (χ1n) is 5.32. The standard InChI is InChI=1S/C10H17BrN2O2/c11-8-4-3-7-13(10(8)15)6-2-1-5-9(12)14/h8H,1-7H2,(H2,12,14). The molecule has 86 valence electrons. The molecular weight excluding hydrogens is 260 g/mol. The fourth-order valence-electron chi connectivity index (χ4n) is 1.72. The molecule has 1 heterocycles. The molecule has 2 amide bonds. The van der Waals surface area contributed by atoms with Crippen LogP contribution in [0.1, 0.15) is 32.1 Å². The highest BCUT2D eigenvalue weighted by molar-refractivity contribution is 9.10. The Bertz CT molecular complexity index is 246. The van der Waals surface area contributed by atoms with E-state index in [2.05, 4.69) is 15.9 Å². The van der Waals surface area contributed by atoms with Gasteiger partial charge in [-0.1, -0.05) is 15.9 Å². The van der Waals surface area contributed by atoms with E-state index in [9.17, 15) is 9.59 Å². The van der Waals surface area contributed by atoms with E-state index in [4.69, 9.17) is 5.73 Å². The number of carbonyl (C=O) groups excluding carboxylic acids is 2. The summed E-state index contributed by atoms with van der Waals surface area (Å²) in [6, 6.07) is 0. The lowest BCUT2D eigenvalue weighted by atomic mass is 10.1. The number of likely N-dealkylation sites (tertiary alicyclic amines) is 1. The van der Waals surface area contributed by atoms with Gasteiger partial charge in [0.2, 0.25) is 11.8 Å². The number of piperidine rings is 1. The molecule has 0 aromatic carbocycles. The van der Waals surface area contributed by atoms with Gasteiger partial charge in [0, 0.05) is 19.5 Å². The van der Waals surface area contributed by atoms with E-state index < -0.39 is 0 Å². The third kappa shape index (κ3) is 4.20. The predicted octanol–water partition coefficient (Wildman–Crippen LogP) is 1.03. The van der Waals surface area contributed by atoms with Gasteiger partial charge in [0.25, 0.3) is 0 Å². The zero-order valence-electron chi connectivity index (χ0n) is 8.75. The third-order valence-corrected chi connectivity index (χ3v) is 3.42. The average molecular weight is 277 g/mol. The largest absolute Gasteiger partial charge is 0.370 e. The first kappa shape index (κ1) is 12.5. The van der Waals surface area contributed by atoms with Crippen molar-refractivity contribution in [3.05, 3.63) is 0 Å². The molecule has 1 unspecified atom stereocenters. The van der Waals surface area contributed by atoms with Crippen molar-refractivity contribution in [2.24, 2.45) is 5.73 Å². The van der Waals surface area contributed by atoms with Crippen LogP contribution in [0.15, 0.2) is 0 Å². The van der Waals surface area contributed by atoms with Gasteiger partial charge in [0.15, 0.2) is 0 Å². The molecule has 1 rings (SSSR count). The van der Waals surface area contributed by atoms with Crippen molar-refractivity contribution >= 4 is 27.7 Å². The van der Waals surface area contributed by atoms with Crippen LogP contribution < -0.4 is 5.73 Å². The third-order valence-electron chi connectivity index (χ3n) is 2.57. The fraction of sp³-hybridized carbons (Fsp3) is 0.800. The quantitative estimate of drug-likeness (QED) is 0.602. The van der Waals surface area contributed by atoms with Crippen LogP contribution in [-0.4, -0.2) is 34.6 Å². The molecule has 4 nitrogen and oxygen atoms in total. The Hall–Kier alpha value is -0.580. The van der Waals surface area contributed by atoms with Crippen LogP contribution in [0.5, 0.6) is 0 Å². The van der Waals surface area contributed by atoms with Gasteiger partial charge in [-0.15, -0.1) is 0 Å². The van der Waals surface area contributed by atoms with E-state index in [0.29, 0.717) is 6.42 Å². The van der Waals surface area contributed by atoms with E-state index in [-0.39, 0.29) is 16.6 Å². The first-order chi connectivity index (χ1) is 7.11. The van der Waals surface area contributed by atoms with Gasteiger partial charge in [-0.25, -0.2) is 0 Å². The minimum absolute atomic E-state index is 0.0117. The highest BCUT2D eigenvalue weighted by Gasteiger charge is 2.25. The Morgan fingerprint density at radius 2 is 2.27 bits per heavy atom. The van der Waals surface area contributed by atoms with E-state index >= 15 is 0 Å². The van der Waals surface area contributed by atoms with Crippen LogP contribution in [0.2, 0.25) is 0 Å². The molecule has 0 aromatic heterocycles. The molecule has 15 heavy (non-hydrogen) atoms. The van der Waals surface area contributed by atoms with Crippen LogP contribution in [0.4, 0.5) is 0 Å². The summed E-state index contributed by atoms with van der Waals surface area (Å²) in [4.78, 5) is 24.0. The van der Waals surface area contributed by atoms with E-state index in [1.165, 1.54) is 0 Å². The molecule has 2 N–H and O–H groups in total. The molecule has 0 bridgehead atoms. The lowest BCUT2D eigenvalue weighted by Gasteiger charge is -2.29. The van der Waals surface area contributed by atoms with Gasteiger partial charge in [-0.05, 0) is 25.7 Å². The Morgan fingerprint density at radius 1 is 1.53 bits per heavy atom. The van der Waals surface area contributed by atoms with Crippen LogP contribution in [-0.2, 0) is 9.59 Å². The summed E-state index contributed by atoms with van der Waals surface area (Å²) in [5.41, 5.74) is 5.03. The zero-order valence-corrected chi connectivity index (χ0v) is 10.3. The van der Waals surface area contributed by atoms with Gasteiger partial charge in [0.05, 0.1) is 4.83 Å². The summed E-state index contributed by atoms with van der Waals surface area (Å²) >= 11 is 3.36. The number of nitrogens with two attached hydrogens (primary N) is 1. The van der Waals surface area contributed by atoms with Crippen LogP contribution in [0.3, 0.4) is 0 Å². The van der Waals surface area contributed by atoms with Gasteiger partial charge < -0.3 is 10.6 Å². The Balaban J connectivity index is 2.20.